The van der Waals surface area contributed by atoms with E-state index in [1.807, 2.05) is 0 Å². The van der Waals surface area contributed by atoms with E-state index in [1.54, 1.807) is 0 Å². The first kappa shape index (κ1) is 22.5. The van der Waals surface area contributed by atoms with Crippen LogP contribution in [-0.4, -0.2) is 45.1 Å². The van der Waals surface area contributed by atoms with Crippen molar-refractivity contribution in [3.05, 3.63) is 28.8 Å². The molecule has 1 aliphatic rings. The number of nitrogens with zero attached hydrogens (tertiary/aromatic N) is 1. The highest BCUT2D eigenvalue weighted by molar-refractivity contribution is 7.89. The number of ether oxygens (including phenoxy) is 1. The third-order valence-electron chi connectivity index (χ3n) is 4.06. The molecule has 0 bridgehead atoms. The van der Waals surface area contributed by atoms with E-state index in [2.05, 4.69) is 0 Å². The molecule has 0 aromatic heterocycles. The summed E-state index contributed by atoms with van der Waals surface area (Å²) in [5.41, 5.74) is 4.58. The van der Waals surface area contributed by atoms with E-state index in [9.17, 15) is 21.6 Å². The van der Waals surface area contributed by atoms with Crippen LogP contribution in [0, 0.1) is 0 Å². The molecule has 0 saturated carbocycles. The summed E-state index contributed by atoms with van der Waals surface area (Å²) in [4.78, 5) is -0.562. The zero-order valence-electron chi connectivity index (χ0n) is 13.3. The first-order valence-electron chi connectivity index (χ1n) is 7.22. The van der Waals surface area contributed by atoms with Crippen LogP contribution in [0.1, 0.15) is 18.4 Å². The van der Waals surface area contributed by atoms with Gasteiger partial charge in [-0.3, -0.25) is 0 Å². The minimum atomic E-state index is -4.66. The number of hydrogen-bond donors (Lipinski definition) is 1. The van der Waals surface area contributed by atoms with Crippen LogP contribution < -0.4 is 5.73 Å². The Labute approximate surface area is 155 Å². The molecular formula is C14H19Cl2F3N2O3S. The highest BCUT2D eigenvalue weighted by atomic mass is 35.5. The Morgan fingerprint density at radius 3 is 2.56 bits per heavy atom. The van der Waals surface area contributed by atoms with Gasteiger partial charge in [-0.15, -0.1) is 12.4 Å². The second-order valence-corrected chi connectivity index (χ2v) is 7.80. The van der Waals surface area contributed by atoms with Gasteiger partial charge < -0.3 is 10.5 Å². The number of hydrogen-bond acceptors (Lipinski definition) is 4. The van der Waals surface area contributed by atoms with Crippen LogP contribution in [0.2, 0.25) is 5.02 Å². The number of nitrogens with two attached hydrogens (primary N) is 1. The highest BCUT2D eigenvalue weighted by Crippen LogP contribution is 2.35. The van der Waals surface area contributed by atoms with Gasteiger partial charge in [0.2, 0.25) is 10.0 Å². The fourth-order valence-corrected chi connectivity index (χ4v) is 4.90. The van der Waals surface area contributed by atoms with E-state index >= 15 is 0 Å². The van der Waals surface area contributed by atoms with Gasteiger partial charge in [-0.25, -0.2) is 8.42 Å². The summed E-state index contributed by atoms with van der Waals surface area (Å²) in [5, 5.41) is -0.257. The summed E-state index contributed by atoms with van der Waals surface area (Å²) in [5.74, 6) is 0. The Balaban J connectivity index is 0.00000312. The molecule has 144 valence electrons. The number of rotatable bonds is 4. The van der Waals surface area contributed by atoms with E-state index in [0.29, 0.717) is 18.9 Å². The Bertz CT molecular complexity index is 701. The van der Waals surface area contributed by atoms with Gasteiger partial charge in [-0.05, 0) is 31.0 Å². The maximum atomic E-state index is 12.9. The second kappa shape index (κ2) is 8.41. The predicted octanol–water partition coefficient (Wildman–Crippen LogP) is 2.91. The summed E-state index contributed by atoms with van der Waals surface area (Å²) in [6, 6.07) is 1.70. The number of piperidine rings is 1. The average Bonchev–Trinajstić information content (AvgIpc) is 2.53. The van der Waals surface area contributed by atoms with Crippen LogP contribution in [0.25, 0.3) is 0 Å². The van der Waals surface area contributed by atoms with E-state index < -0.39 is 32.7 Å². The molecule has 0 aliphatic carbocycles. The third kappa shape index (κ3) is 4.78. The van der Waals surface area contributed by atoms with Crippen molar-refractivity contribution >= 4 is 34.0 Å². The van der Waals surface area contributed by atoms with Crippen molar-refractivity contribution in [1.29, 1.82) is 0 Å². The zero-order valence-corrected chi connectivity index (χ0v) is 15.7. The van der Waals surface area contributed by atoms with Crippen molar-refractivity contribution in [1.82, 2.24) is 4.31 Å². The summed E-state index contributed by atoms with van der Waals surface area (Å²) in [7, 11) is -2.68. The van der Waals surface area contributed by atoms with Gasteiger partial charge in [0.1, 0.15) is 4.90 Å². The Morgan fingerprint density at radius 2 is 2.04 bits per heavy atom. The van der Waals surface area contributed by atoms with Crippen molar-refractivity contribution in [3.8, 4) is 0 Å². The predicted molar refractivity (Wildman–Crippen MR) is 90.5 cm³/mol. The topological polar surface area (TPSA) is 72.6 Å². The van der Waals surface area contributed by atoms with E-state index in [0.717, 1.165) is 16.4 Å². The van der Waals surface area contributed by atoms with E-state index in [1.165, 1.54) is 7.11 Å². The lowest BCUT2D eigenvalue weighted by Crippen LogP contribution is -2.51. The van der Waals surface area contributed by atoms with Crippen molar-refractivity contribution in [3.63, 3.8) is 0 Å². The van der Waals surface area contributed by atoms with Gasteiger partial charge >= 0.3 is 6.18 Å². The molecule has 11 heteroatoms. The van der Waals surface area contributed by atoms with Crippen LogP contribution in [0.4, 0.5) is 13.2 Å². The standard InChI is InChI=1S/C14H18ClF3N2O3S.ClH/c1-23-11-4-5-20(10(7-11)8-19)24(21,22)13-6-9(14(16,17)18)2-3-12(13)15;/h2-3,6,10-11H,4-5,7-8,19H2,1H3;1H. The highest BCUT2D eigenvalue weighted by Gasteiger charge is 2.39. The van der Waals surface area contributed by atoms with Crippen molar-refractivity contribution < 1.29 is 26.3 Å². The molecule has 0 radical (unpaired) electrons. The molecule has 5 nitrogen and oxygen atoms in total. The molecule has 2 atom stereocenters. The molecule has 1 fully saturated rings. The van der Waals surface area contributed by atoms with Gasteiger partial charge in [-0.2, -0.15) is 17.5 Å². The molecule has 0 amide bonds. The van der Waals surface area contributed by atoms with Gasteiger partial charge in [0.25, 0.3) is 0 Å². The number of benzene rings is 1. The molecule has 2 N–H and O–H groups in total. The Kier molecular flexibility index (Phi) is 7.55. The quantitative estimate of drug-likeness (QED) is 0.809. The maximum Gasteiger partial charge on any atom is 0.416 e. The molecular weight excluding hydrogens is 404 g/mol. The third-order valence-corrected chi connectivity index (χ3v) is 6.50. The lowest BCUT2D eigenvalue weighted by Gasteiger charge is -2.37. The van der Waals surface area contributed by atoms with Crippen molar-refractivity contribution in [2.24, 2.45) is 5.73 Å². The molecule has 1 heterocycles. The lowest BCUT2D eigenvalue weighted by atomic mass is 10.0. The number of halogens is 5. The second-order valence-electron chi connectivity index (χ2n) is 5.53. The van der Waals surface area contributed by atoms with E-state index in [-0.39, 0.29) is 36.6 Å². The fraction of sp³-hybridized carbons (Fsp3) is 0.571. The van der Waals surface area contributed by atoms with E-state index in [4.69, 9.17) is 22.1 Å². The zero-order chi connectivity index (χ0) is 18.1. The smallest absolute Gasteiger partial charge is 0.381 e. The summed E-state index contributed by atoms with van der Waals surface area (Å²) in [6.07, 6.45) is -3.99. The van der Waals surface area contributed by atoms with Crippen molar-refractivity contribution in [2.75, 3.05) is 20.2 Å². The number of methoxy groups -OCH3 is 1. The van der Waals surface area contributed by atoms with Crippen molar-refractivity contribution in [2.45, 2.75) is 36.1 Å². The Morgan fingerprint density at radius 1 is 1.40 bits per heavy atom. The molecule has 2 rings (SSSR count). The monoisotopic (exact) mass is 422 g/mol. The molecule has 1 saturated heterocycles. The van der Waals surface area contributed by atoms with Crippen LogP contribution in [-0.2, 0) is 20.9 Å². The van der Waals surface area contributed by atoms with Crippen LogP contribution in [0.3, 0.4) is 0 Å². The van der Waals surface area contributed by atoms with Gasteiger partial charge in [-0.1, -0.05) is 11.6 Å². The average molecular weight is 423 g/mol. The molecule has 1 aromatic rings. The minimum Gasteiger partial charge on any atom is -0.381 e. The number of alkyl halides is 3. The van der Waals surface area contributed by atoms with Crippen LogP contribution in [0.15, 0.2) is 23.1 Å². The normalized spacial score (nSPS) is 22.5. The largest absolute Gasteiger partial charge is 0.416 e. The molecule has 25 heavy (non-hydrogen) atoms. The van der Waals surface area contributed by atoms with Gasteiger partial charge in [0, 0.05) is 26.2 Å². The fourth-order valence-electron chi connectivity index (χ4n) is 2.74. The maximum absolute atomic E-state index is 12.9. The molecule has 1 aliphatic heterocycles. The minimum absolute atomic E-state index is 0. The number of sulfonamides is 1. The van der Waals surface area contributed by atoms with Gasteiger partial charge in [0.05, 0.1) is 16.7 Å². The summed E-state index contributed by atoms with van der Waals surface area (Å²) in [6.45, 7) is 0.144. The first-order valence-corrected chi connectivity index (χ1v) is 9.04. The van der Waals surface area contributed by atoms with Crippen LogP contribution in [0.5, 0.6) is 0 Å². The SMILES string of the molecule is COC1CCN(S(=O)(=O)c2cc(C(F)(F)F)ccc2Cl)C(CN)C1.Cl. The summed E-state index contributed by atoms with van der Waals surface area (Å²) >= 11 is 5.87. The lowest BCUT2D eigenvalue weighted by molar-refractivity contribution is -0.137. The molecule has 2 unspecified atom stereocenters. The molecule has 0 spiro atoms. The first-order chi connectivity index (χ1) is 11.1. The Hall–Kier alpha value is -0.580. The molecule has 1 aromatic carbocycles. The summed E-state index contributed by atoms with van der Waals surface area (Å²) < 4.78 is 70.6. The van der Waals surface area contributed by atoms with Gasteiger partial charge in [0.15, 0.2) is 0 Å². The van der Waals surface area contributed by atoms with Crippen LogP contribution >= 0.6 is 24.0 Å².